The molecule has 0 bridgehead atoms. The number of aromatic amines is 1. The summed E-state index contributed by atoms with van der Waals surface area (Å²) in [4.78, 5) is 6.16. The molecule has 0 unspecified atom stereocenters. The first-order chi connectivity index (χ1) is 7.59. The Balaban J connectivity index is 2.09. The van der Waals surface area contributed by atoms with Gasteiger partial charge in [-0.25, -0.2) is 18.1 Å². The minimum atomic E-state index is -3.56. The maximum Gasteiger partial charge on any atom is 0.258 e. The molecule has 16 heavy (non-hydrogen) atoms. The van der Waals surface area contributed by atoms with Crippen LogP contribution in [0.3, 0.4) is 0 Å². The van der Waals surface area contributed by atoms with Gasteiger partial charge >= 0.3 is 0 Å². The Morgan fingerprint density at radius 1 is 1.56 bits per heavy atom. The van der Waals surface area contributed by atoms with Crippen LogP contribution < -0.4 is 4.72 Å². The number of H-pyrrole nitrogens is 1. The van der Waals surface area contributed by atoms with E-state index in [1.54, 1.807) is 11.6 Å². The van der Waals surface area contributed by atoms with Gasteiger partial charge in [-0.15, -0.1) is 10.2 Å². The number of hydrogen-bond donors (Lipinski definition) is 2. The van der Waals surface area contributed by atoms with Gasteiger partial charge in [-0.05, 0) is 0 Å². The largest absolute Gasteiger partial charge is 0.335 e. The smallest absolute Gasteiger partial charge is 0.258 e. The Morgan fingerprint density at radius 2 is 2.38 bits per heavy atom. The second kappa shape index (κ2) is 4.02. The van der Waals surface area contributed by atoms with E-state index in [-0.39, 0.29) is 11.6 Å². The van der Waals surface area contributed by atoms with Crippen molar-refractivity contribution in [2.24, 2.45) is 7.05 Å². The molecule has 0 fully saturated rings. The molecular weight excluding hydrogens is 232 g/mol. The van der Waals surface area contributed by atoms with Gasteiger partial charge in [0.1, 0.15) is 12.2 Å². The van der Waals surface area contributed by atoms with Crippen molar-refractivity contribution in [3.05, 3.63) is 24.7 Å². The topological polar surface area (TPSA) is 106 Å². The molecule has 2 rings (SSSR count). The monoisotopic (exact) mass is 242 g/mol. The van der Waals surface area contributed by atoms with E-state index in [0.29, 0.717) is 5.82 Å². The fourth-order valence-corrected chi connectivity index (χ4v) is 1.98. The molecule has 86 valence electrons. The number of aromatic nitrogens is 5. The molecule has 0 aliphatic carbocycles. The molecule has 8 nitrogen and oxygen atoms in total. The lowest BCUT2D eigenvalue weighted by Crippen LogP contribution is -2.25. The summed E-state index contributed by atoms with van der Waals surface area (Å²) in [6.07, 6.45) is 4.04. The summed E-state index contributed by atoms with van der Waals surface area (Å²) >= 11 is 0. The summed E-state index contributed by atoms with van der Waals surface area (Å²) in [5, 5.41) is 7.43. The molecule has 0 saturated carbocycles. The van der Waals surface area contributed by atoms with E-state index in [9.17, 15) is 8.42 Å². The second-order valence-corrected chi connectivity index (χ2v) is 4.83. The number of nitrogens with zero attached hydrogens (tertiary/aromatic N) is 4. The zero-order chi connectivity index (χ0) is 11.6. The zero-order valence-corrected chi connectivity index (χ0v) is 9.27. The van der Waals surface area contributed by atoms with Crippen molar-refractivity contribution in [2.75, 3.05) is 0 Å². The third-order valence-corrected chi connectivity index (χ3v) is 3.31. The Hall–Kier alpha value is -1.74. The second-order valence-electron chi connectivity index (χ2n) is 3.10. The van der Waals surface area contributed by atoms with Crippen LogP contribution in [0.1, 0.15) is 5.82 Å². The number of nitrogens with one attached hydrogen (secondary N) is 2. The molecule has 2 heterocycles. The van der Waals surface area contributed by atoms with E-state index in [1.165, 1.54) is 18.9 Å². The molecule has 9 heteroatoms. The molecule has 0 saturated heterocycles. The number of sulfonamides is 1. The van der Waals surface area contributed by atoms with Crippen molar-refractivity contribution in [3.8, 4) is 0 Å². The highest BCUT2D eigenvalue weighted by Crippen LogP contribution is 2.02. The van der Waals surface area contributed by atoms with E-state index in [1.807, 2.05) is 0 Å². The SMILES string of the molecule is Cn1cnnc1CNS(=O)(=O)c1cnc[nH]1. The van der Waals surface area contributed by atoms with Crippen LogP contribution in [0.25, 0.3) is 0 Å². The highest BCUT2D eigenvalue weighted by atomic mass is 32.2. The van der Waals surface area contributed by atoms with E-state index >= 15 is 0 Å². The van der Waals surface area contributed by atoms with Crippen molar-refractivity contribution in [2.45, 2.75) is 11.6 Å². The van der Waals surface area contributed by atoms with Crippen LogP contribution in [0, 0.1) is 0 Å². The van der Waals surface area contributed by atoms with Gasteiger partial charge < -0.3 is 9.55 Å². The summed E-state index contributed by atoms with van der Waals surface area (Å²) in [7, 11) is -1.82. The lowest BCUT2D eigenvalue weighted by molar-refractivity contribution is 0.574. The normalized spacial score (nSPS) is 11.8. The molecule has 0 atom stereocenters. The van der Waals surface area contributed by atoms with Crippen LogP contribution in [-0.2, 0) is 23.6 Å². The Bertz CT molecular complexity index is 557. The summed E-state index contributed by atoms with van der Waals surface area (Å²) in [6, 6.07) is 0. The maximum atomic E-state index is 11.7. The van der Waals surface area contributed by atoms with Crippen LogP contribution in [0.2, 0.25) is 0 Å². The predicted octanol–water partition coefficient (Wildman–Crippen LogP) is -0.983. The Kier molecular flexibility index (Phi) is 2.71. The minimum Gasteiger partial charge on any atom is -0.335 e. The first-order valence-corrected chi connectivity index (χ1v) is 5.89. The first kappa shape index (κ1) is 10.8. The van der Waals surface area contributed by atoms with Crippen LogP contribution in [0.15, 0.2) is 23.9 Å². The van der Waals surface area contributed by atoms with E-state index < -0.39 is 10.0 Å². The van der Waals surface area contributed by atoms with Gasteiger partial charge in [0.15, 0.2) is 5.03 Å². The quantitative estimate of drug-likeness (QED) is 0.716. The molecule has 0 aliphatic heterocycles. The number of rotatable bonds is 4. The molecule has 0 radical (unpaired) electrons. The fraction of sp³-hybridized carbons (Fsp3) is 0.286. The molecule has 2 aromatic heterocycles. The average Bonchev–Trinajstić information content (AvgIpc) is 2.85. The highest BCUT2D eigenvalue weighted by molar-refractivity contribution is 7.89. The third kappa shape index (κ3) is 2.09. The van der Waals surface area contributed by atoms with Crippen molar-refractivity contribution in [1.29, 1.82) is 0 Å². The number of imidazole rings is 1. The minimum absolute atomic E-state index is 0.0228. The van der Waals surface area contributed by atoms with Crippen molar-refractivity contribution >= 4 is 10.0 Å². The van der Waals surface area contributed by atoms with Gasteiger partial charge in [0, 0.05) is 7.05 Å². The molecule has 2 aromatic rings. The Morgan fingerprint density at radius 3 is 2.94 bits per heavy atom. The van der Waals surface area contributed by atoms with E-state index in [2.05, 4.69) is 24.9 Å². The van der Waals surface area contributed by atoms with Crippen LogP contribution >= 0.6 is 0 Å². The molecule has 0 aromatic carbocycles. The summed E-state index contributed by atoms with van der Waals surface area (Å²) in [6.45, 7) is 0.0812. The maximum absolute atomic E-state index is 11.7. The molecule has 2 N–H and O–H groups in total. The predicted molar refractivity (Wildman–Crippen MR) is 53.6 cm³/mol. The van der Waals surface area contributed by atoms with E-state index in [0.717, 1.165) is 0 Å². The van der Waals surface area contributed by atoms with Crippen molar-refractivity contribution in [1.82, 2.24) is 29.5 Å². The first-order valence-electron chi connectivity index (χ1n) is 4.40. The lowest BCUT2D eigenvalue weighted by Gasteiger charge is -2.03. The van der Waals surface area contributed by atoms with Crippen LogP contribution in [-0.4, -0.2) is 33.2 Å². The molecular formula is C7H10N6O2S. The summed E-state index contributed by atoms with van der Waals surface area (Å²) in [5.74, 6) is 0.531. The third-order valence-electron chi connectivity index (χ3n) is 1.99. The standard InChI is InChI=1S/C7H10N6O2S/c1-13-5-10-12-6(13)2-11-16(14,15)7-3-8-4-9-7/h3-5,11H,2H2,1H3,(H,8,9). The number of aryl methyl sites for hydroxylation is 1. The fourth-order valence-electron chi connectivity index (χ4n) is 1.09. The van der Waals surface area contributed by atoms with Gasteiger partial charge in [-0.2, -0.15) is 0 Å². The van der Waals surface area contributed by atoms with Gasteiger partial charge in [0.25, 0.3) is 10.0 Å². The average molecular weight is 242 g/mol. The lowest BCUT2D eigenvalue weighted by atomic mass is 10.6. The summed E-state index contributed by atoms with van der Waals surface area (Å²) < 4.78 is 27.3. The van der Waals surface area contributed by atoms with E-state index in [4.69, 9.17) is 0 Å². The zero-order valence-electron chi connectivity index (χ0n) is 8.45. The Labute approximate surface area is 91.8 Å². The van der Waals surface area contributed by atoms with Crippen molar-refractivity contribution in [3.63, 3.8) is 0 Å². The van der Waals surface area contributed by atoms with Gasteiger partial charge in [0.05, 0.1) is 19.1 Å². The number of hydrogen-bond acceptors (Lipinski definition) is 5. The molecule has 0 spiro atoms. The van der Waals surface area contributed by atoms with Gasteiger partial charge in [-0.3, -0.25) is 0 Å². The summed E-state index contributed by atoms with van der Waals surface area (Å²) in [5.41, 5.74) is 0. The van der Waals surface area contributed by atoms with Crippen LogP contribution in [0.5, 0.6) is 0 Å². The molecule has 0 aliphatic rings. The van der Waals surface area contributed by atoms with Gasteiger partial charge in [-0.1, -0.05) is 0 Å². The molecule has 0 amide bonds. The van der Waals surface area contributed by atoms with Crippen molar-refractivity contribution < 1.29 is 8.42 Å². The van der Waals surface area contributed by atoms with Crippen LogP contribution in [0.4, 0.5) is 0 Å². The highest BCUT2D eigenvalue weighted by Gasteiger charge is 2.15. The van der Waals surface area contributed by atoms with Gasteiger partial charge in [0.2, 0.25) is 0 Å².